The Labute approximate surface area is 133 Å². The van der Waals surface area contributed by atoms with Gasteiger partial charge in [0, 0.05) is 26.6 Å². The number of rotatable bonds is 7. The van der Waals surface area contributed by atoms with Gasteiger partial charge in [0.25, 0.3) is 0 Å². The largest absolute Gasteiger partial charge is 0.383 e. The summed E-state index contributed by atoms with van der Waals surface area (Å²) in [6.07, 6.45) is 4.09. The van der Waals surface area contributed by atoms with E-state index in [2.05, 4.69) is 30.8 Å². The normalized spacial score (nSPS) is 11.3. The lowest BCUT2D eigenvalue weighted by atomic mass is 10.2. The van der Waals surface area contributed by atoms with E-state index < -0.39 is 0 Å². The molecule has 0 bridgehead atoms. The van der Waals surface area contributed by atoms with Crippen LogP contribution in [-0.4, -0.2) is 54.8 Å². The fourth-order valence-electron chi connectivity index (χ4n) is 2.41. The van der Waals surface area contributed by atoms with Crippen LogP contribution in [0.2, 0.25) is 0 Å². The van der Waals surface area contributed by atoms with Crippen LogP contribution in [0.5, 0.6) is 0 Å². The van der Waals surface area contributed by atoms with Crippen molar-refractivity contribution < 1.29 is 4.74 Å². The highest BCUT2D eigenvalue weighted by atomic mass is 16.5. The third-order valence-corrected chi connectivity index (χ3v) is 3.81. The van der Waals surface area contributed by atoms with Crippen LogP contribution in [0.25, 0.3) is 5.65 Å². The minimum absolute atomic E-state index is 0.640. The molecule has 0 amide bonds. The fraction of sp³-hybridized carbons (Fsp3) is 0.500. The van der Waals surface area contributed by atoms with Crippen LogP contribution in [0.15, 0.2) is 12.7 Å². The van der Waals surface area contributed by atoms with Crippen molar-refractivity contribution >= 4 is 11.3 Å². The number of nitrogens with one attached hydrogen (secondary N) is 1. The summed E-state index contributed by atoms with van der Waals surface area (Å²) in [5.74, 6) is 0.926. The summed E-state index contributed by atoms with van der Waals surface area (Å²) < 4.78 is 8.78. The first-order valence-electron chi connectivity index (χ1n) is 7.47. The zero-order valence-corrected chi connectivity index (χ0v) is 13.5. The number of fused-ring (bicyclic) bond motifs is 1. The molecule has 3 rings (SSSR count). The van der Waals surface area contributed by atoms with E-state index in [1.165, 1.54) is 0 Å². The number of hydrogen-bond acceptors (Lipinski definition) is 7. The average Bonchev–Trinajstić information content (AvgIpc) is 3.18. The molecule has 1 N–H and O–H groups in total. The van der Waals surface area contributed by atoms with Crippen LogP contribution in [0.4, 0.5) is 5.69 Å². The summed E-state index contributed by atoms with van der Waals surface area (Å²) >= 11 is 0. The summed E-state index contributed by atoms with van der Waals surface area (Å²) in [5, 5.41) is 24.0. The first-order valence-corrected chi connectivity index (χ1v) is 7.47. The molecular formula is C14H20N8O. The van der Waals surface area contributed by atoms with Crippen molar-refractivity contribution in [3.63, 3.8) is 0 Å². The van der Waals surface area contributed by atoms with Gasteiger partial charge in [-0.2, -0.15) is 9.61 Å². The van der Waals surface area contributed by atoms with Crippen LogP contribution in [0, 0.1) is 13.8 Å². The third kappa shape index (κ3) is 3.14. The van der Waals surface area contributed by atoms with Crippen molar-refractivity contribution in [3.8, 4) is 0 Å². The van der Waals surface area contributed by atoms with Gasteiger partial charge in [0.1, 0.15) is 18.5 Å². The Bertz CT molecular complexity index is 793. The molecule has 122 valence electrons. The molecule has 0 saturated carbocycles. The monoisotopic (exact) mass is 316 g/mol. The molecule has 0 atom stereocenters. The Hall–Kier alpha value is -2.55. The molecule has 0 aliphatic carbocycles. The molecule has 0 spiro atoms. The molecule has 0 aromatic carbocycles. The minimum Gasteiger partial charge on any atom is -0.383 e. The van der Waals surface area contributed by atoms with Crippen LogP contribution < -0.4 is 5.32 Å². The lowest BCUT2D eigenvalue weighted by Crippen LogP contribution is -2.14. The zero-order chi connectivity index (χ0) is 16.2. The average molecular weight is 316 g/mol. The molecular weight excluding hydrogens is 296 g/mol. The Morgan fingerprint density at radius 1 is 1.17 bits per heavy atom. The van der Waals surface area contributed by atoms with Crippen molar-refractivity contribution in [2.24, 2.45) is 0 Å². The topological polar surface area (TPSA) is 95.0 Å². The highest BCUT2D eigenvalue weighted by Crippen LogP contribution is 2.21. The van der Waals surface area contributed by atoms with E-state index in [1.807, 2.05) is 18.4 Å². The van der Waals surface area contributed by atoms with Crippen LogP contribution in [0.1, 0.15) is 17.1 Å². The minimum atomic E-state index is 0.640. The number of aryl methyl sites for hydroxylation is 1. The SMILES string of the molecule is COCCn1cnnc1CCNc1c(C)c(C)nn2cnnc12. The standard InChI is InChI=1S/C14H20N8O/c1-10-11(2)20-22-9-17-19-14(22)13(10)15-5-4-12-18-16-8-21(12)6-7-23-3/h8-9,15H,4-7H2,1-3H3. The maximum atomic E-state index is 5.10. The second-order valence-electron chi connectivity index (χ2n) is 5.29. The molecule has 0 saturated heterocycles. The van der Waals surface area contributed by atoms with Gasteiger partial charge in [0.05, 0.1) is 18.0 Å². The molecule has 0 aliphatic rings. The summed E-state index contributed by atoms with van der Waals surface area (Å²) in [5.41, 5.74) is 3.71. The predicted molar refractivity (Wildman–Crippen MR) is 84.3 cm³/mol. The van der Waals surface area contributed by atoms with Crippen LogP contribution in [-0.2, 0) is 17.7 Å². The molecule has 0 unspecified atom stereocenters. The number of aromatic nitrogens is 7. The first-order chi connectivity index (χ1) is 11.2. The second kappa shape index (κ2) is 6.69. The van der Waals surface area contributed by atoms with Gasteiger partial charge in [-0.1, -0.05) is 0 Å². The third-order valence-electron chi connectivity index (χ3n) is 3.81. The van der Waals surface area contributed by atoms with Gasteiger partial charge in [0.2, 0.25) is 5.65 Å². The van der Waals surface area contributed by atoms with Gasteiger partial charge in [0.15, 0.2) is 0 Å². The highest BCUT2D eigenvalue weighted by molar-refractivity contribution is 5.71. The Kier molecular flexibility index (Phi) is 4.47. The van der Waals surface area contributed by atoms with E-state index in [1.54, 1.807) is 24.3 Å². The molecule has 3 aromatic heterocycles. The lowest BCUT2D eigenvalue weighted by molar-refractivity contribution is 0.186. The lowest BCUT2D eigenvalue weighted by Gasteiger charge is -2.12. The zero-order valence-electron chi connectivity index (χ0n) is 13.5. The fourth-order valence-corrected chi connectivity index (χ4v) is 2.41. The Balaban J connectivity index is 1.71. The van der Waals surface area contributed by atoms with E-state index in [0.29, 0.717) is 6.61 Å². The number of ether oxygens (including phenoxy) is 1. The van der Waals surface area contributed by atoms with Gasteiger partial charge in [-0.15, -0.1) is 20.4 Å². The van der Waals surface area contributed by atoms with Crippen molar-refractivity contribution in [1.29, 1.82) is 0 Å². The van der Waals surface area contributed by atoms with Crippen molar-refractivity contribution in [3.05, 3.63) is 29.7 Å². The first kappa shape index (κ1) is 15.3. The molecule has 0 aliphatic heterocycles. The van der Waals surface area contributed by atoms with E-state index in [-0.39, 0.29) is 0 Å². The molecule has 3 aromatic rings. The second-order valence-corrected chi connectivity index (χ2v) is 5.29. The maximum absolute atomic E-state index is 5.10. The Morgan fingerprint density at radius 3 is 2.83 bits per heavy atom. The molecule has 0 radical (unpaired) electrons. The maximum Gasteiger partial charge on any atom is 0.200 e. The summed E-state index contributed by atoms with van der Waals surface area (Å²) in [6.45, 7) is 6.11. The van der Waals surface area contributed by atoms with Crippen LogP contribution in [0.3, 0.4) is 0 Å². The molecule has 3 heterocycles. The van der Waals surface area contributed by atoms with Gasteiger partial charge in [-0.05, 0) is 19.4 Å². The molecule has 0 fully saturated rings. The predicted octanol–water partition coefficient (Wildman–Crippen LogP) is 0.634. The number of hydrogen-bond donors (Lipinski definition) is 1. The summed E-state index contributed by atoms with van der Waals surface area (Å²) in [4.78, 5) is 0. The van der Waals surface area contributed by atoms with E-state index in [9.17, 15) is 0 Å². The summed E-state index contributed by atoms with van der Waals surface area (Å²) in [6, 6.07) is 0. The number of methoxy groups -OCH3 is 1. The molecule has 9 nitrogen and oxygen atoms in total. The Morgan fingerprint density at radius 2 is 2.00 bits per heavy atom. The quantitative estimate of drug-likeness (QED) is 0.683. The van der Waals surface area contributed by atoms with Crippen LogP contribution >= 0.6 is 0 Å². The van der Waals surface area contributed by atoms with Gasteiger partial charge in [-0.25, -0.2) is 0 Å². The molecule has 9 heteroatoms. The number of nitrogens with zero attached hydrogens (tertiary/aromatic N) is 7. The molecule has 23 heavy (non-hydrogen) atoms. The highest BCUT2D eigenvalue weighted by Gasteiger charge is 2.12. The van der Waals surface area contributed by atoms with Gasteiger partial charge >= 0.3 is 0 Å². The van der Waals surface area contributed by atoms with Crippen molar-refractivity contribution in [1.82, 2.24) is 34.6 Å². The van der Waals surface area contributed by atoms with E-state index in [0.717, 1.165) is 47.9 Å². The van der Waals surface area contributed by atoms with E-state index in [4.69, 9.17) is 4.74 Å². The van der Waals surface area contributed by atoms with Crippen molar-refractivity contribution in [2.75, 3.05) is 25.6 Å². The van der Waals surface area contributed by atoms with E-state index >= 15 is 0 Å². The van der Waals surface area contributed by atoms with Gasteiger partial charge < -0.3 is 14.6 Å². The smallest absolute Gasteiger partial charge is 0.200 e. The summed E-state index contributed by atoms with van der Waals surface area (Å²) in [7, 11) is 1.68. The number of anilines is 1. The van der Waals surface area contributed by atoms with Crippen molar-refractivity contribution in [2.45, 2.75) is 26.8 Å². The van der Waals surface area contributed by atoms with Gasteiger partial charge in [-0.3, -0.25) is 0 Å².